The Labute approximate surface area is 110 Å². The van der Waals surface area contributed by atoms with Crippen LogP contribution in [0, 0.1) is 5.92 Å². The number of carboxylic acid groups (broad SMARTS) is 1. The van der Waals surface area contributed by atoms with Crippen LogP contribution in [0.25, 0.3) is 0 Å². The highest BCUT2D eigenvalue weighted by Crippen LogP contribution is 2.17. The SMILES string of the molecule is CCCC[C@H](CCC(=O)Nc1nccs1)C(=O)O. The fourth-order valence-corrected chi connectivity index (χ4v) is 2.16. The number of nitrogens with zero attached hydrogens (tertiary/aromatic N) is 1. The topological polar surface area (TPSA) is 79.3 Å². The zero-order chi connectivity index (χ0) is 13.4. The molecule has 1 aromatic heterocycles. The highest BCUT2D eigenvalue weighted by atomic mass is 32.1. The van der Waals surface area contributed by atoms with Crippen molar-refractivity contribution in [2.75, 3.05) is 5.32 Å². The van der Waals surface area contributed by atoms with Gasteiger partial charge in [0, 0.05) is 18.0 Å². The third-order valence-corrected chi connectivity index (χ3v) is 3.34. The summed E-state index contributed by atoms with van der Waals surface area (Å²) in [7, 11) is 0. The van der Waals surface area contributed by atoms with Crippen molar-refractivity contribution in [2.45, 2.75) is 39.0 Å². The number of unbranched alkanes of at least 4 members (excludes halogenated alkanes) is 1. The van der Waals surface area contributed by atoms with Crippen LogP contribution in [0.2, 0.25) is 0 Å². The molecule has 1 heterocycles. The molecule has 6 heteroatoms. The molecule has 0 aliphatic rings. The Kier molecular flexibility index (Phi) is 6.35. The van der Waals surface area contributed by atoms with Gasteiger partial charge in [-0.2, -0.15) is 0 Å². The maximum Gasteiger partial charge on any atom is 0.306 e. The number of rotatable bonds is 8. The summed E-state index contributed by atoms with van der Waals surface area (Å²) in [6.45, 7) is 2.02. The molecule has 0 radical (unpaired) electrons. The summed E-state index contributed by atoms with van der Waals surface area (Å²) >= 11 is 1.35. The molecule has 2 N–H and O–H groups in total. The minimum absolute atomic E-state index is 0.173. The van der Waals surface area contributed by atoms with E-state index in [9.17, 15) is 9.59 Å². The van der Waals surface area contributed by atoms with Crippen LogP contribution >= 0.6 is 11.3 Å². The smallest absolute Gasteiger partial charge is 0.306 e. The fraction of sp³-hybridized carbons (Fsp3) is 0.583. The lowest BCUT2D eigenvalue weighted by atomic mass is 9.97. The van der Waals surface area contributed by atoms with E-state index in [2.05, 4.69) is 10.3 Å². The molecule has 1 amide bonds. The number of carboxylic acids is 1. The van der Waals surface area contributed by atoms with Crippen molar-refractivity contribution in [1.82, 2.24) is 4.98 Å². The van der Waals surface area contributed by atoms with Crippen LogP contribution in [0.15, 0.2) is 11.6 Å². The second-order valence-electron chi connectivity index (χ2n) is 4.10. The first kappa shape index (κ1) is 14.6. The van der Waals surface area contributed by atoms with E-state index in [1.165, 1.54) is 11.3 Å². The van der Waals surface area contributed by atoms with Crippen LogP contribution in [-0.2, 0) is 9.59 Å². The number of anilines is 1. The zero-order valence-corrected chi connectivity index (χ0v) is 11.2. The van der Waals surface area contributed by atoms with Crippen LogP contribution in [-0.4, -0.2) is 22.0 Å². The number of nitrogens with one attached hydrogen (secondary N) is 1. The van der Waals surface area contributed by atoms with Crippen molar-refractivity contribution in [3.8, 4) is 0 Å². The lowest BCUT2D eigenvalue weighted by Gasteiger charge is -2.10. The third kappa shape index (κ3) is 5.27. The van der Waals surface area contributed by atoms with E-state index in [4.69, 9.17) is 5.11 Å². The molecular weight excluding hydrogens is 252 g/mol. The summed E-state index contributed by atoms with van der Waals surface area (Å²) in [5.41, 5.74) is 0. The molecule has 1 rings (SSSR count). The number of thiazole rings is 1. The van der Waals surface area contributed by atoms with Crippen LogP contribution < -0.4 is 5.32 Å². The Morgan fingerprint density at radius 1 is 1.50 bits per heavy atom. The Hall–Kier alpha value is -1.43. The van der Waals surface area contributed by atoms with Crippen LogP contribution in [0.1, 0.15) is 39.0 Å². The standard InChI is InChI=1S/C12H18N2O3S/c1-2-3-4-9(11(16)17)5-6-10(15)14-12-13-7-8-18-12/h7-9H,2-6H2,1H3,(H,16,17)(H,13,14,15)/t9-/m1/s1. The molecule has 1 aromatic rings. The molecular formula is C12H18N2O3S. The number of amides is 1. The van der Waals surface area contributed by atoms with Crippen molar-refractivity contribution in [3.05, 3.63) is 11.6 Å². The summed E-state index contributed by atoms with van der Waals surface area (Å²) in [6, 6.07) is 0. The average Bonchev–Trinajstić information content (AvgIpc) is 2.81. The molecule has 0 aromatic carbocycles. The second-order valence-corrected chi connectivity index (χ2v) is 5.00. The summed E-state index contributed by atoms with van der Waals surface area (Å²) in [4.78, 5) is 26.5. The molecule has 100 valence electrons. The van der Waals surface area contributed by atoms with Gasteiger partial charge in [0.2, 0.25) is 5.91 Å². The van der Waals surface area contributed by atoms with Gasteiger partial charge in [-0.3, -0.25) is 9.59 Å². The van der Waals surface area contributed by atoms with E-state index >= 15 is 0 Å². The Balaban J connectivity index is 2.32. The number of hydrogen-bond donors (Lipinski definition) is 2. The minimum Gasteiger partial charge on any atom is -0.481 e. The van der Waals surface area contributed by atoms with Gasteiger partial charge in [-0.1, -0.05) is 19.8 Å². The number of carbonyl (C=O) groups is 2. The largest absolute Gasteiger partial charge is 0.481 e. The number of aromatic nitrogens is 1. The summed E-state index contributed by atoms with van der Waals surface area (Å²) in [5, 5.41) is 14.0. The molecule has 5 nitrogen and oxygen atoms in total. The van der Waals surface area contributed by atoms with Crippen molar-refractivity contribution < 1.29 is 14.7 Å². The van der Waals surface area contributed by atoms with E-state index in [1.54, 1.807) is 11.6 Å². The second kappa shape index (κ2) is 7.81. The molecule has 0 fully saturated rings. The normalized spacial score (nSPS) is 12.1. The monoisotopic (exact) mass is 270 g/mol. The first-order valence-electron chi connectivity index (χ1n) is 6.05. The maximum atomic E-state index is 11.6. The molecule has 0 spiro atoms. The van der Waals surface area contributed by atoms with Crippen LogP contribution in [0.5, 0.6) is 0 Å². The Morgan fingerprint density at radius 3 is 2.83 bits per heavy atom. The van der Waals surface area contributed by atoms with Gasteiger partial charge in [-0.25, -0.2) is 4.98 Å². The van der Waals surface area contributed by atoms with Crippen molar-refractivity contribution >= 4 is 28.3 Å². The molecule has 18 heavy (non-hydrogen) atoms. The molecule has 0 bridgehead atoms. The van der Waals surface area contributed by atoms with Crippen LogP contribution in [0.4, 0.5) is 5.13 Å². The highest BCUT2D eigenvalue weighted by Gasteiger charge is 2.18. The predicted molar refractivity (Wildman–Crippen MR) is 70.6 cm³/mol. The zero-order valence-electron chi connectivity index (χ0n) is 10.4. The van der Waals surface area contributed by atoms with Crippen molar-refractivity contribution in [2.24, 2.45) is 5.92 Å². The summed E-state index contributed by atoms with van der Waals surface area (Å²) < 4.78 is 0. The molecule has 0 saturated heterocycles. The number of hydrogen-bond acceptors (Lipinski definition) is 4. The summed E-state index contributed by atoms with van der Waals surface area (Å²) in [6.07, 6.45) is 4.70. The van der Waals surface area contributed by atoms with Gasteiger partial charge in [0.25, 0.3) is 0 Å². The van der Waals surface area contributed by atoms with Gasteiger partial charge in [0.15, 0.2) is 5.13 Å². The molecule has 0 aliphatic heterocycles. The Bertz CT molecular complexity index is 379. The lowest BCUT2D eigenvalue weighted by Crippen LogP contribution is -2.18. The van der Waals surface area contributed by atoms with E-state index < -0.39 is 11.9 Å². The van der Waals surface area contributed by atoms with Gasteiger partial charge in [-0.05, 0) is 12.8 Å². The molecule has 1 atom stereocenters. The van der Waals surface area contributed by atoms with E-state index in [0.29, 0.717) is 18.0 Å². The fourth-order valence-electron chi connectivity index (χ4n) is 1.61. The highest BCUT2D eigenvalue weighted by molar-refractivity contribution is 7.13. The van der Waals surface area contributed by atoms with Gasteiger partial charge in [0.1, 0.15) is 0 Å². The Morgan fingerprint density at radius 2 is 2.28 bits per heavy atom. The van der Waals surface area contributed by atoms with Crippen molar-refractivity contribution in [3.63, 3.8) is 0 Å². The summed E-state index contributed by atoms with van der Waals surface area (Å²) in [5.74, 6) is -1.41. The minimum atomic E-state index is -0.814. The first-order chi connectivity index (χ1) is 8.63. The molecule has 0 unspecified atom stereocenters. The first-order valence-corrected chi connectivity index (χ1v) is 6.93. The van der Waals surface area contributed by atoms with Gasteiger partial charge in [0.05, 0.1) is 5.92 Å². The predicted octanol–water partition coefficient (Wildman–Crippen LogP) is 2.75. The quantitative estimate of drug-likeness (QED) is 0.761. The van der Waals surface area contributed by atoms with Gasteiger partial charge >= 0.3 is 5.97 Å². The van der Waals surface area contributed by atoms with E-state index in [-0.39, 0.29) is 12.3 Å². The van der Waals surface area contributed by atoms with Gasteiger partial charge < -0.3 is 10.4 Å². The number of aliphatic carboxylic acids is 1. The van der Waals surface area contributed by atoms with Gasteiger partial charge in [-0.15, -0.1) is 11.3 Å². The maximum absolute atomic E-state index is 11.6. The van der Waals surface area contributed by atoms with E-state index in [0.717, 1.165) is 12.8 Å². The molecule has 0 aliphatic carbocycles. The average molecular weight is 270 g/mol. The number of carbonyl (C=O) groups excluding carboxylic acids is 1. The van der Waals surface area contributed by atoms with Crippen molar-refractivity contribution in [1.29, 1.82) is 0 Å². The van der Waals surface area contributed by atoms with E-state index in [1.807, 2.05) is 6.92 Å². The molecule has 0 saturated carbocycles. The lowest BCUT2D eigenvalue weighted by molar-refractivity contribution is -0.142. The van der Waals surface area contributed by atoms with Crippen LogP contribution in [0.3, 0.4) is 0 Å². The third-order valence-electron chi connectivity index (χ3n) is 2.65.